The van der Waals surface area contributed by atoms with Gasteiger partial charge in [-0.3, -0.25) is 4.79 Å². The maximum atomic E-state index is 13.2. The van der Waals surface area contributed by atoms with Gasteiger partial charge in [0, 0.05) is 19.2 Å². The first-order chi connectivity index (χ1) is 11.9. The lowest BCUT2D eigenvalue weighted by atomic mass is 9.95. The molecule has 0 radical (unpaired) electrons. The van der Waals surface area contributed by atoms with E-state index < -0.39 is 10.0 Å². The van der Waals surface area contributed by atoms with Crippen LogP contribution in [0.5, 0.6) is 11.5 Å². The largest absolute Gasteiger partial charge is 0.493 e. The summed E-state index contributed by atoms with van der Waals surface area (Å²) in [6.07, 6.45) is 4.57. The molecule has 0 bridgehead atoms. The van der Waals surface area contributed by atoms with Crippen LogP contribution in [0.15, 0.2) is 23.1 Å². The van der Waals surface area contributed by atoms with Crippen LogP contribution >= 0.6 is 0 Å². The van der Waals surface area contributed by atoms with Crippen LogP contribution < -0.4 is 14.8 Å². The SMILES string of the molecule is CNC(=O)CN(C1CCCCC1)S(=O)(=O)c1ccc(OC)c(OC)c1. The van der Waals surface area contributed by atoms with E-state index in [0.29, 0.717) is 11.5 Å². The Balaban J connectivity index is 2.41. The number of hydrogen-bond donors (Lipinski definition) is 1. The van der Waals surface area contributed by atoms with Gasteiger partial charge < -0.3 is 14.8 Å². The number of carbonyl (C=O) groups excluding carboxylic acids is 1. The minimum Gasteiger partial charge on any atom is -0.493 e. The highest BCUT2D eigenvalue weighted by atomic mass is 32.2. The van der Waals surface area contributed by atoms with E-state index in [2.05, 4.69) is 5.32 Å². The van der Waals surface area contributed by atoms with Crippen molar-refractivity contribution in [1.29, 1.82) is 0 Å². The van der Waals surface area contributed by atoms with Crippen LogP contribution in [0.2, 0.25) is 0 Å². The second kappa shape index (κ2) is 8.53. The number of benzene rings is 1. The van der Waals surface area contributed by atoms with E-state index in [1.807, 2.05) is 0 Å². The van der Waals surface area contributed by atoms with Crippen LogP contribution in [0.3, 0.4) is 0 Å². The molecule has 7 nitrogen and oxygen atoms in total. The molecule has 1 fully saturated rings. The molecule has 1 N–H and O–H groups in total. The van der Waals surface area contributed by atoms with E-state index >= 15 is 0 Å². The highest BCUT2D eigenvalue weighted by Gasteiger charge is 2.34. The minimum absolute atomic E-state index is 0.0969. The molecule has 25 heavy (non-hydrogen) atoms. The van der Waals surface area contributed by atoms with Crippen molar-refractivity contribution < 1.29 is 22.7 Å². The number of carbonyl (C=O) groups is 1. The molecule has 1 aliphatic rings. The first-order valence-corrected chi connectivity index (χ1v) is 9.82. The quantitative estimate of drug-likeness (QED) is 0.791. The Labute approximate surface area is 149 Å². The Kier molecular flexibility index (Phi) is 6.66. The van der Waals surface area contributed by atoms with Crippen LogP contribution in [0.4, 0.5) is 0 Å². The molecular formula is C17H26N2O5S. The van der Waals surface area contributed by atoms with E-state index in [0.717, 1.165) is 32.1 Å². The zero-order valence-electron chi connectivity index (χ0n) is 14.9. The highest BCUT2D eigenvalue weighted by molar-refractivity contribution is 7.89. The molecule has 1 aliphatic carbocycles. The van der Waals surface area contributed by atoms with E-state index in [-0.39, 0.29) is 23.4 Å². The van der Waals surface area contributed by atoms with Gasteiger partial charge in [-0.05, 0) is 25.0 Å². The minimum atomic E-state index is -3.83. The maximum Gasteiger partial charge on any atom is 0.243 e. The Hall–Kier alpha value is -1.80. The smallest absolute Gasteiger partial charge is 0.243 e. The third kappa shape index (κ3) is 4.43. The van der Waals surface area contributed by atoms with Crippen molar-refractivity contribution in [3.63, 3.8) is 0 Å². The fourth-order valence-corrected chi connectivity index (χ4v) is 4.77. The number of likely N-dealkylation sites (N-methyl/N-ethyl adjacent to an activating group) is 1. The number of nitrogens with zero attached hydrogens (tertiary/aromatic N) is 1. The van der Waals surface area contributed by atoms with Crippen LogP contribution in [0.1, 0.15) is 32.1 Å². The summed E-state index contributed by atoms with van der Waals surface area (Å²) in [4.78, 5) is 12.0. The fraction of sp³-hybridized carbons (Fsp3) is 0.588. The van der Waals surface area contributed by atoms with Crippen LogP contribution in [0.25, 0.3) is 0 Å². The van der Waals surface area contributed by atoms with E-state index in [1.165, 1.54) is 37.7 Å². The lowest BCUT2D eigenvalue weighted by molar-refractivity contribution is -0.121. The van der Waals surface area contributed by atoms with Gasteiger partial charge >= 0.3 is 0 Å². The molecule has 0 saturated heterocycles. The molecule has 0 heterocycles. The van der Waals surface area contributed by atoms with Gasteiger partial charge in [0.15, 0.2) is 11.5 Å². The molecule has 2 rings (SSSR count). The molecule has 1 aromatic rings. The second-order valence-corrected chi connectivity index (χ2v) is 7.92. The second-order valence-electron chi connectivity index (χ2n) is 6.03. The topological polar surface area (TPSA) is 84.9 Å². The summed E-state index contributed by atoms with van der Waals surface area (Å²) in [5, 5.41) is 2.51. The molecule has 0 unspecified atom stereocenters. The van der Waals surface area contributed by atoms with Crippen molar-refractivity contribution in [1.82, 2.24) is 9.62 Å². The standard InChI is InChI=1S/C17H26N2O5S/c1-18-17(20)12-19(13-7-5-4-6-8-13)25(21,22)14-9-10-15(23-2)16(11-14)24-3/h9-11,13H,4-8,12H2,1-3H3,(H,18,20). The first kappa shape index (κ1) is 19.5. The molecule has 1 saturated carbocycles. The lowest BCUT2D eigenvalue weighted by Crippen LogP contribution is -2.46. The number of rotatable bonds is 7. The average molecular weight is 370 g/mol. The molecule has 0 aliphatic heterocycles. The van der Waals surface area contributed by atoms with Gasteiger partial charge in [0.05, 0.1) is 25.7 Å². The normalized spacial score (nSPS) is 15.8. The van der Waals surface area contributed by atoms with Gasteiger partial charge in [-0.1, -0.05) is 19.3 Å². The number of nitrogens with one attached hydrogen (secondary N) is 1. The molecule has 0 atom stereocenters. The molecular weight excluding hydrogens is 344 g/mol. The molecule has 8 heteroatoms. The summed E-state index contributed by atoms with van der Waals surface area (Å²) in [6.45, 7) is -0.183. The van der Waals surface area contributed by atoms with Crippen LogP contribution in [-0.4, -0.2) is 52.5 Å². The number of methoxy groups -OCH3 is 2. The predicted molar refractivity (Wildman–Crippen MR) is 94.4 cm³/mol. The molecule has 0 spiro atoms. The third-order valence-corrected chi connectivity index (χ3v) is 6.42. The van der Waals surface area contributed by atoms with Gasteiger partial charge in [-0.15, -0.1) is 0 Å². The third-order valence-electron chi connectivity index (χ3n) is 4.52. The van der Waals surface area contributed by atoms with Crippen molar-refractivity contribution >= 4 is 15.9 Å². The molecule has 1 aromatic carbocycles. The molecule has 1 amide bonds. The monoisotopic (exact) mass is 370 g/mol. The fourth-order valence-electron chi connectivity index (χ4n) is 3.11. The van der Waals surface area contributed by atoms with Crippen molar-refractivity contribution in [2.75, 3.05) is 27.8 Å². The maximum absolute atomic E-state index is 13.2. The summed E-state index contributed by atoms with van der Waals surface area (Å²) < 4.78 is 38.1. The lowest BCUT2D eigenvalue weighted by Gasteiger charge is -2.33. The predicted octanol–water partition coefficient (Wildman–Crippen LogP) is 1.77. The van der Waals surface area contributed by atoms with E-state index in [9.17, 15) is 13.2 Å². The number of ether oxygens (including phenoxy) is 2. The average Bonchev–Trinajstić information content (AvgIpc) is 2.65. The van der Waals surface area contributed by atoms with Crippen molar-refractivity contribution in [2.45, 2.75) is 43.0 Å². The summed E-state index contributed by atoms with van der Waals surface area (Å²) in [5.41, 5.74) is 0. The Bertz CT molecular complexity index is 699. The number of hydrogen-bond acceptors (Lipinski definition) is 5. The Morgan fingerprint density at radius 2 is 1.80 bits per heavy atom. The van der Waals surface area contributed by atoms with Gasteiger partial charge in [0.1, 0.15) is 0 Å². The summed E-state index contributed by atoms with van der Waals surface area (Å²) >= 11 is 0. The van der Waals surface area contributed by atoms with Crippen molar-refractivity contribution in [3.8, 4) is 11.5 Å². The summed E-state index contributed by atoms with van der Waals surface area (Å²) in [7, 11) is 0.626. The van der Waals surface area contributed by atoms with Crippen LogP contribution in [-0.2, 0) is 14.8 Å². The number of amides is 1. The Morgan fingerprint density at radius 3 is 2.36 bits per heavy atom. The van der Waals surface area contributed by atoms with Gasteiger partial charge in [0.25, 0.3) is 0 Å². The van der Waals surface area contributed by atoms with Crippen LogP contribution in [0, 0.1) is 0 Å². The zero-order chi connectivity index (χ0) is 18.4. The highest BCUT2D eigenvalue weighted by Crippen LogP contribution is 2.33. The van der Waals surface area contributed by atoms with E-state index in [1.54, 1.807) is 6.07 Å². The van der Waals surface area contributed by atoms with E-state index in [4.69, 9.17) is 9.47 Å². The van der Waals surface area contributed by atoms with Crippen molar-refractivity contribution in [3.05, 3.63) is 18.2 Å². The zero-order valence-corrected chi connectivity index (χ0v) is 15.8. The summed E-state index contributed by atoms with van der Waals surface area (Å²) in [5.74, 6) is 0.471. The van der Waals surface area contributed by atoms with Gasteiger partial charge in [-0.25, -0.2) is 8.42 Å². The number of sulfonamides is 1. The van der Waals surface area contributed by atoms with Gasteiger partial charge in [0.2, 0.25) is 15.9 Å². The summed E-state index contributed by atoms with van der Waals surface area (Å²) in [6, 6.07) is 4.32. The Morgan fingerprint density at radius 1 is 1.16 bits per heavy atom. The van der Waals surface area contributed by atoms with Gasteiger partial charge in [-0.2, -0.15) is 4.31 Å². The van der Waals surface area contributed by atoms with Crippen molar-refractivity contribution in [2.24, 2.45) is 0 Å². The first-order valence-electron chi connectivity index (χ1n) is 8.38. The molecule has 0 aromatic heterocycles. The molecule has 140 valence electrons.